The Morgan fingerprint density at radius 1 is 0.920 bits per heavy atom. The maximum atomic E-state index is 12.4. The van der Waals surface area contributed by atoms with Crippen molar-refractivity contribution in [2.45, 2.75) is 5.92 Å². The largest absolute Gasteiger partial charge is 0.440 e. The van der Waals surface area contributed by atoms with Crippen LogP contribution in [0.4, 0.5) is 0 Å². The average molecular weight is 353 g/mol. The fourth-order valence-electron chi connectivity index (χ4n) is 2.95. The van der Waals surface area contributed by atoms with Gasteiger partial charge < -0.3 is 4.74 Å². The molecular weight excluding hydrogens is 340 g/mol. The van der Waals surface area contributed by atoms with E-state index in [4.69, 9.17) is 16.3 Å². The lowest BCUT2D eigenvalue weighted by molar-refractivity contribution is 0.464. The van der Waals surface area contributed by atoms with Crippen LogP contribution in [0.25, 0.3) is 5.76 Å². The molecule has 0 spiro atoms. The van der Waals surface area contributed by atoms with E-state index in [2.05, 4.69) is 9.97 Å². The molecule has 1 atom stereocenters. The average Bonchev–Trinajstić information content (AvgIpc) is 2.61. The first-order chi connectivity index (χ1) is 12.1. The third-order valence-corrected chi connectivity index (χ3v) is 4.43. The summed E-state index contributed by atoms with van der Waals surface area (Å²) in [5.74, 6) is 0.257. The summed E-state index contributed by atoms with van der Waals surface area (Å²) in [6.07, 6.45) is 1.84. The van der Waals surface area contributed by atoms with Crippen molar-refractivity contribution in [3.05, 3.63) is 103 Å². The highest BCUT2D eigenvalue weighted by Crippen LogP contribution is 2.39. The van der Waals surface area contributed by atoms with Gasteiger partial charge in [0, 0.05) is 16.5 Å². The second-order valence-corrected chi connectivity index (χ2v) is 6.06. The highest BCUT2D eigenvalue weighted by atomic mass is 35.5. The van der Waals surface area contributed by atoms with Crippen LogP contribution in [0.1, 0.15) is 22.6 Å². The van der Waals surface area contributed by atoms with E-state index in [1.165, 1.54) is 0 Å². The molecule has 0 amide bonds. The van der Waals surface area contributed by atoms with Gasteiger partial charge in [-0.15, -0.1) is 0 Å². The summed E-state index contributed by atoms with van der Waals surface area (Å²) in [6, 6.07) is 16.8. The summed E-state index contributed by atoms with van der Waals surface area (Å²) < 4.78 is 5.81. The molecule has 0 bridgehead atoms. The van der Waals surface area contributed by atoms with Gasteiger partial charge in [-0.2, -0.15) is 0 Å². The van der Waals surface area contributed by atoms with Crippen molar-refractivity contribution in [2.75, 3.05) is 0 Å². The number of aromatic nitrogens is 2. The summed E-state index contributed by atoms with van der Waals surface area (Å²) in [5, 5.41) is 0.537. The molecule has 6 heteroatoms. The van der Waals surface area contributed by atoms with Gasteiger partial charge in [-0.25, -0.2) is 4.79 Å². The summed E-state index contributed by atoms with van der Waals surface area (Å²) in [6.45, 7) is 0. The maximum absolute atomic E-state index is 12.4. The van der Waals surface area contributed by atoms with E-state index in [1.807, 2.05) is 54.6 Å². The van der Waals surface area contributed by atoms with E-state index < -0.39 is 17.2 Å². The number of ether oxygens (including phenoxy) is 1. The molecule has 2 aromatic carbocycles. The molecule has 0 saturated carbocycles. The van der Waals surface area contributed by atoms with Crippen LogP contribution in [-0.2, 0) is 0 Å². The zero-order valence-electron chi connectivity index (χ0n) is 13.0. The van der Waals surface area contributed by atoms with E-state index >= 15 is 0 Å². The van der Waals surface area contributed by atoms with Crippen LogP contribution in [-0.4, -0.2) is 9.97 Å². The predicted molar refractivity (Wildman–Crippen MR) is 96.0 cm³/mol. The van der Waals surface area contributed by atoms with Gasteiger partial charge in [0.2, 0.25) is 5.88 Å². The van der Waals surface area contributed by atoms with Crippen molar-refractivity contribution in [1.29, 1.82) is 0 Å². The van der Waals surface area contributed by atoms with Gasteiger partial charge in [0.05, 0.1) is 5.56 Å². The Morgan fingerprint density at radius 2 is 1.64 bits per heavy atom. The van der Waals surface area contributed by atoms with Crippen molar-refractivity contribution in [1.82, 2.24) is 9.97 Å². The molecule has 2 N–H and O–H groups in total. The third kappa shape index (κ3) is 2.79. The van der Waals surface area contributed by atoms with Crippen molar-refractivity contribution >= 4 is 17.4 Å². The number of benzene rings is 2. The fraction of sp³-hybridized carbons (Fsp3) is 0.0526. The highest BCUT2D eigenvalue weighted by Gasteiger charge is 2.29. The zero-order chi connectivity index (χ0) is 17.4. The van der Waals surface area contributed by atoms with Crippen LogP contribution < -0.4 is 16.0 Å². The number of H-pyrrole nitrogens is 2. The lowest BCUT2D eigenvalue weighted by atomic mass is 9.89. The molecule has 3 aromatic rings. The smallest absolute Gasteiger partial charge is 0.328 e. The normalized spacial score (nSPS) is 15.9. The zero-order valence-corrected chi connectivity index (χ0v) is 13.7. The van der Waals surface area contributed by atoms with Gasteiger partial charge in [0.15, 0.2) is 0 Å². The summed E-state index contributed by atoms with van der Waals surface area (Å²) in [7, 11) is 0. The molecule has 1 aromatic heterocycles. The van der Waals surface area contributed by atoms with E-state index in [-0.39, 0.29) is 5.88 Å². The van der Waals surface area contributed by atoms with E-state index in [0.29, 0.717) is 16.3 Å². The third-order valence-electron chi connectivity index (χ3n) is 4.08. The van der Waals surface area contributed by atoms with Gasteiger partial charge in [-0.3, -0.25) is 14.8 Å². The quantitative estimate of drug-likeness (QED) is 0.743. The first-order valence-corrected chi connectivity index (χ1v) is 8.07. The van der Waals surface area contributed by atoms with Gasteiger partial charge in [0.25, 0.3) is 5.56 Å². The van der Waals surface area contributed by atoms with Crippen LogP contribution in [0.2, 0.25) is 5.02 Å². The minimum atomic E-state index is -0.615. The second kappa shape index (κ2) is 6.11. The minimum absolute atomic E-state index is 0.139. The lowest BCUT2D eigenvalue weighted by Crippen LogP contribution is -2.30. The Bertz CT molecular complexity index is 1080. The van der Waals surface area contributed by atoms with E-state index in [9.17, 15) is 9.59 Å². The maximum Gasteiger partial charge on any atom is 0.328 e. The number of fused-ring (bicyclic) bond motifs is 1. The topological polar surface area (TPSA) is 75.0 Å². The first-order valence-electron chi connectivity index (χ1n) is 7.69. The van der Waals surface area contributed by atoms with Crippen LogP contribution in [0.5, 0.6) is 5.88 Å². The summed E-state index contributed by atoms with van der Waals surface area (Å²) in [5.41, 5.74) is 0.821. The van der Waals surface area contributed by atoms with Crippen LogP contribution >= 0.6 is 11.6 Å². The Morgan fingerprint density at radius 3 is 2.40 bits per heavy atom. The van der Waals surface area contributed by atoms with E-state index in [0.717, 1.165) is 11.1 Å². The molecule has 1 aliphatic rings. The summed E-state index contributed by atoms with van der Waals surface area (Å²) >= 11 is 6.35. The predicted octanol–water partition coefficient (Wildman–Crippen LogP) is 3.28. The molecular formula is C19H13ClN2O3. The number of nitrogens with one attached hydrogen (secondary N) is 2. The molecule has 2 heterocycles. The Kier molecular flexibility index (Phi) is 3.78. The van der Waals surface area contributed by atoms with Crippen LogP contribution in [0, 0.1) is 0 Å². The Hall–Kier alpha value is -3.05. The van der Waals surface area contributed by atoms with Gasteiger partial charge in [0.1, 0.15) is 5.76 Å². The van der Waals surface area contributed by atoms with Crippen LogP contribution in [0.3, 0.4) is 0 Å². The SMILES string of the molecule is O=c1[nH]c2c(c(=O)[nH]1)C(c1ccccc1Cl)C=C(c1ccccc1)O2. The van der Waals surface area contributed by atoms with Crippen LogP contribution in [0.15, 0.2) is 70.3 Å². The second-order valence-electron chi connectivity index (χ2n) is 5.65. The summed E-state index contributed by atoms with van der Waals surface area (Å²) in [4.78, 5) is 28.9. The number of hydrogen-bond donors (Lipinski definition) is 2. The van der Waals surface area contributed by atoms with E-state index in [1.54, 1.807) is 6.07 Å². The molecule has 0 aliphatic carbocycles. The fourth-order valence-corrected chi connectivity index (χ4v) is 3.20. The van der Waals surface area contributed by atoms with Crippen molar-refractivity contribution in [3.8, 4) is 5.88 Å². The minimum Gasteiger partial charge on any atom is -0.440 e. The molecule has 1 aliphatic heterocycles. The van der Waals surface area contributed by atoms with Gasteiger partial charge >= 0.3 is 5.69 Å². The Labute approximate surface area is 147 Å². The molecule has 0 saturated heterocycles. The molecule has 0 radical (unpaired) electrons. The molecule has 5 nitrogen and oxygen atoms in total. The number of halogens is 1. The number of aromatic amines is 2. The molecule has 124 valence electrons. The lowest BCUT2D eigenvalue weighted by Gasteiger charge is -2.24. The number of rotatable bonds is 2. The van der Waals surface area contributed by atoms with Crippen molar-refractivity contribution in [3.63, 3.8) is 0 Å². The monoisotopic (exact) mass is 352 g/mol. The molecule has 4 rings (SSSR count). The van der Waals surface area contributed by atoms with Crippen molar-refractivity contribution in [2.24, 2.45) is 0 Å². The Balaban J connectivity index is 1.97. The number of allylic oxidation sites excluding steroid dienone is 1. The van der Waals surface area contributed by atoms with Gasteiger partial charge in [-0.1, -0.05) is 60.1 Å². The molecule has 1 unspecified atom stereocenters. The first kappa shape index (κ1) is 15.5. The standard InChI is InChI=1S/C19H13ClN2O3/c20-14-9-5-4-8-12(14)13-10-15(11-6-2-1-3-7-11)25-18-16(13)17(23)21-19(24)22-18/h1-10,13H,(H2,21,22,23,24). The molecule has 25 heavy (non-hydrogen) atoms. The highest BCUT2D eigenvalue weighted by molar-refractivity contribution is 6.31. The molecule has 0 fully saturated rings. The number of hydrogen-bond acceptors (Lipinski definition) is 3. The van der Waals surface area contributed by atoms with Crippen molar-refractivity contribution < 1.29 is 4.74 Å². The van der Waals surface area contributed by atoms with Gasteiger partial charge in [-0.05, 0) is 17.7 Å².